The van der Waals surface area contributed by atoms with Crippen LogP contribution in [0, 0.1) is 0 Å². The van der Waals surface area contributed by atoms with Crippen LogP contribution in [0.3, 0.4) is 0 Å². The lowest BCUT2D eigenvalue weighted by Gasteiger charge is -2.23. The minimum Gasteiger partial charge on any atom is -0.357 e. The molecule has 0 aromatic carbocycles. The molecule has 0 aromatic rings. The van der Waals surface area contributed by atoms with Crippen LogP contribution >= 0.6 is 0 Å². The van der Waals surface area contributed by atoms with Gasteiger partial charge in [-0.25, -0.2) is 0 Å². The molecule has 1 aliphatic heterocycles. The second-order valence-electron chi connectivity index (χ2n) is 8.43. The smallest absolute Gasteiger partial charge is 0.0990 e. The molecule has 4 heteroatoms. The second kappa shape index (κ2) is 18.2. The van der Waals surface area contributed by atoms with E-state index in [4.69, 9.17) is 11.5 Å². The number of hydrogen-bond donors (Lipinski definition) is 2. The second-order valence-corrected chi connectivity index (χ2v) is 8.43. The molecular weight excluding hydrogens is 344 g/mol. The van der Waals surface area contributed by atoms with Crippen LogP contribution in [-0.4, -0.2) is 43.0 Å². The van der Waals surface area contributed by atoms with Gasteiger partial charge in [-0.15, -0.1) is 0 Å². The van der Waals surface area contributed by atoms with Gasteiger partial charge in [0.1, 0.15) is 0 Å². The maximum absolute atomic E-state index is 5.98. The molecule has 1 rings (SSSR count). The van der Waals surface area contributed by atoms with Crippen LogP contribution in [0.25, 0.3) is 0 Å². The van der Waals surface area contributed by atoms with Crippen LogP contribution in [0.1, 0.15) is 103 Å². The molecule has 0 radical (unpaired) electrons. The molecule has 4 N–H and O–H groups in total. The minimum absolute atomic E-state index is 0.0724. The quantitative estimate of drug-likeness (QED) is 0.228. The van der Waals surface area contributed by atoms with Gasteiger partial charge in [0.25, 0.3) is 0 Å². The SMILES string of the molecule is CCCCCCCCC=CCCCCCCCCC1=NCCN1CC(N)CN. The predicted octanol–water partition coefficient (Wildman–Crippen LogP) is 5.41. The molecule has 4 nitrogen and oxygen atoms in total. The Morgan fingerprint density at radius 2 is 1.46 bits per heavy atom. The van der Waals surface area contributed by atoms with Crippen molar-refractivity contribution >= 4 is 5.84 Å². The zero-order chi connectivity index (χ0) is 20.3. The Kier molecular flexibility index (Phi) is 16.3. The van der Waals surface area contributed by atoms with E-state index < -0.39 is 0 Å². The molecule has 0 saturated carbocycles. The van der Waals surface area contributed by atoms with Crippen molar-refractivity contribution in [2.75, 3.05) is 26.2 Å². The lowest BCUT2D eigenvalue weighted by Crippen LogP contribution is -2.43. The Bertz CT molecular complexity index is 405. The summed E-state index contributed by atoms with van der Waals surface area (Å²) in [5.41, 5.74) is 11.6. The van der Waals surface area contributed by atoms with Gasteiger partial charge in [-0.1, -0.05) is 76.9 Å². The normalized spacial score (nSPS) is 15.5. The third kappa shape index (κ3) is 13.3. The fraction of sp³-hybridized carbons (Fsp3) is 0.875. The summed E-state index contributed by atoms with van der Waals surface area (Å²) >= 11 is 0. The average molecular weight is 393 g/mol. The van der Waals surface area contributed by atoms with Crippen molar-refractivity contribution in [2.24, 2.45) is 16.5 Å². The lowest BCUT2D eigenvalue weighted by atomic mass is 10.1. The number of unbranched alkanes of at least 4 members (excludes halogenated alkanes) is 12. The average Bonchev–Trinajstić information content (AvgIpc) is 3.14. The van der Waals surface area contributed by atoms with Crippen molar-refractivity contribution < 1.29 is 0 Å². The molecule has 164 valence electrons. The molecule has 1 atom stereocenters. The fourth-order valence-corrected chi connectivity index (χ4v) is 3.85. The van der Waals surface area contributed by atoms with E-state index in [2.05, 4.69) is 29.0 Å². The van der Waals surface area contributed by atoms with Gasteiger partial charge < -0.3 is 16.4 Å². The van der Waals surface area contributed by atoms with E-state index in [9.17, 15) is 0 Å². The summed E-state index contributed by atoms with van der Waals surface area (Å²) in [7, 11) is 0. The number of nitrogens with zero attached hydrogens (tertiary/aromatic N) is 2. The topological polar surface area (TPSA) is 67.6 Å². The van der Waals surface area contributed by atoms with Crippen LogP contribution in [-0.2, 0) is 0 Å². The van der Waals surface area contributed by atoms with Crippen LogP contribution in [0.5, 0.6) is 0 Å². The molecule has 1 aliphatic rings. The summed E-state index contributed by atoms with van der Waals surface area (Å²) in [4.78, 5) is 6.99. The van der Waals surface area contributed by atoms with E-state index in [-0.39, 0.29) is 6.04 Å². The summed E-state index contributed by atoms with van der Waals surface area (Å²) in [6.45, 7) is 5.65. The van der Waals surface area contributed by atoms with Gasteiger partial charge in [0.15, 0.2) is 0 Å². The van der Waals surface area contributed by atoms with E-state index in [0.717, 1.165) is 26.1 Å². The van der Waals surface area contributed by atoms with Gasteiger partial charge >= 0.3 is 0 Å². The first-order chi connectivity index (χ1) is 13.8. The molecule has 0 aliphatic carbocycles. The van der Waals surface area contributed by atoms with E-state index in [0.29, 0.717) is 6.54 Å². The predicted molar refractivity (Wildman–Crippen MR) is 125 cm³/mol. The van der Waals surface area contributed by atoms with E-state index >= 15 is 0 Å². The number of hydrogen-bond acceptors (Lipinski definition) is 4. The van der Waals surface area contributed by atoms with Crippen molar-refractivity contribution in [3.8, 4) is 0 Å². The van der Waals surface area contributed by atoms with Crippen molar-refractivity contribution in [2.45, 2.75) is 109 Å². The van der Waals surface area contributed by atoms with Crippen molar-refractivity contribution in [3.63, 3.8) is 0 Å². The van der Waals surface area contributed by atoms with Crippen LogP contribution in [0.2, 0.25) is 0 Å². The summed E-state index contributed by atoms with van der Waals surface area (Å²) in [6, 6.07) is 0.0724. The highest BCUT2D eigenvalue weighted by Crippen LogP contribution is 2.13. The lowest BCUT2D eigenvalue weighted by molar-refractivity contribution is 0.408. The first-order valence-electron chi connectivity index (χ1n) is 12.2. The third-order valence-electron chi connectivity index (χ3n) is 5.70. The Balaban J connectivity index is 1.86. The van der Waals surface area contributed by atoms with Gasteiger partial charge in [0.2, 0.25) is 0 Å². The monoisotopic (exact) mass is 392 g/mol. The summed E-state index contributed by atoms with van der Waals surface area (Å²) in [6.07, 6.45) is 24.9. The molecule has 0 saturated heterocycles. The maximum atomic E-state index is 5.98. The number of rotatable bonds is 19. The first-order valence-corrected chi connectivity index (χ1v) is 12.2. The molecule has 0 spiro atoms. The van der Waals surface area contributed by atoms with E-state index in [1.807, 2.05) is 0 Å². The number of aliphatic imine (C=N–C) groups is 1. The van der Waals surface area contributed by atoms with Crippen LogP contribution in [0.15, 0.2) is 17.1 Å². The highest BCUT2D eigenvalue weighted by atomic mass is 15.2. The number of amidine groups is 1. The van der Waals surface area contributed by atoms with Crippen molar-refractivity contribution in [3.05, 3.63) is 12.2 Å². The summed E-state index contributed by atoms with van der Waals surface area (Å²) in [5.74, 6) is 1.26. The molecule has 1 unspecified atom stereocenters. The molecule has 1 heterocycles. The summed E-state index contributed by atoms with van der Waals surface area (Å²) in [5, 5.41) is 0. The Labute approximate surface area is 175 Å². The standard InChI is InChI=1S/C24H48N4/c1-2-3-4-5-6-7-8-9-10-11-12-13-14-15-16-17-18-24-27-19-20-28(24)22-23(26)21-25/h9-10,23H,2-8,11-22,25-26H2,1H3. The van der Waals surface area contributed by atoms with Crippen molar-refractivity contribution in [1.82, 2.24) is 4.90 Å². The van der Waals surface area contributed by atoms with Gasteiger partial charge in [-0.05, 0) is 32.1 Å². The molecule has 0 aromatic heterocycles. The number of allylic oxidation sites excluding steroid dienone is 2. The molecule has 0 amide bonds. The molecule has 28 heavy (non-hydrogen) atoms. The zero-order valence-corrected chi connectivity index (χ0v) is 18.7. The van der Waals surface area contributed by atoms with Gasteiger partial charge in [0, 0.05) is 32.1 Å². The van der Waals surface area contributed by atoms with E-state index in [1.165, 1.54) is 95.7 Å². The largest absolute Gasteiger partial charge is 0.357 e. The van der Waals surface area contributed by atoms with Gasteiger partial charge in [-0.3, -0.25) is 4.99 Å². The zero-order valence-electron chi connectivity index (χ0n) is 18.7. The molecule has 0 fully saturated rings. The Morgan fingerprint density at radius 1 is 0.893 bits per heavy atom. The highest BCUT2D eigenvalue weighted by Gasteiger charge is 2.17. The minimum atomic E-state index is 0.0724. The van der Waals surface area contributed by atoms with Crippen molar-refractivity contribution in [1.29, 1.82) is 0 Å². The fourth-order valence-electron chi connectivity index (χ4n) is 3.85. The number of nitrogens with two attached hydrogens (primary N) is 2. The maximum Gasteiger partial charge on any atom is 0.0990 e. The highest BCUT2D eigenvalue weighted by molar-refractivity contribution is 5.83. The third-order valence-corrected chi connectivity index (χ3v) is 5.70. The van der Waals surface area contributed by atoms with Crippen LogP contribution < -0.4 is 11.5 Å². The first kappa shape index (κ1) is 25.2. The summed E-state index contributed by atoms with van der Waals surface area (Å²) < 4.78 is 0. The Hall–Kier alpha value is -0.870. The van der Waals surface area contributed by atoms with E-state index in [1.54, 1.807) is 0 Å². The van der Waals surface area contributed by atoms with Crippen LogP contribution in [0.4, 0.5) is 0 Å². The van der Waals surface area contributed by atoms with Gasteiger partial charge in [0.05, 0.1) is 12.4 Å². The molecular formula is C24H48N4. The Morgan fingerprint density at radius 3 is 2.07 bits per heavy atom. The van der Waals surface area contributed by atoms with Gasteiger partial charge in [-0.2, -0.15) is 0 Å². The molecule has 0 bridgehead atoms.